The molecule has 98 valence electrons. The second kappa shape index (κ2) is 5.36. The summed E-state index contributed by atoms with van der Waals surface area (Å²) in [5, 5.41) is 1.31. The molecular weight excluding hydrogens is 272 g/mol. The van der Waals surface area contributed by atoms with Crippen LogP contribution in [0.3, 0.4) is 0 Å². The average Bonchev–Trinajstić information content (AvgIpc) is 3.08. The number of hydrogen-bond acceptors (Lipinski definition) is 5. The van der Waals surface area contributed by atoms with Crippen LogP contribution in [0.5, 0.6) is 0 Å². The monoisotopic (exact) mass is 286 g/mol. The van der Waals surface area contributed by atoms with E-state index in [2.05, 4.69) is 4.98 Å². The van der Waals surface area contributed by atoms with E-state index >= 15 is 0 Å². The SMILES string of the molecule is COC(=O)CC1(CSc2ncc(Cl)cc2N)CC1. The van der Waals surface area contributed by atoms with Gasteiger partial charge in [-0.3, -0.25) is 4.79 Å². The van der Waals surface area contributed by atoms with Crippen LogP contribution in [-0.2, 0) is 9.53 Å². The maximum Gasteiger partial charge on any atom is 0.306 e. The highest BCUT2D eigenvalue weighted by Gasteiger charge is 2.44. The number of aromatic nitrogens is 1. The number of thioether (sulfide) groups is 1. The molecule has 0 unspecified atom stereocenters. The van der Waals surface area contributed by atoms with E-state index in [4.69, 9.17) is 22.1 Å². The Kier molecular flexibility index (Phi) is 4.02. The molecule has 0 spiro atoms. The molecule has 4 nitrogen and oxygen atoms in total. The third-order valence-corrected chi connectivity index (χ3v) is 4.64. The van der Waals surface area contributed by atoms with Crippen LogP contribution in [0.1, 0.15) is 19.3 Å². The van der Waals surface area contributed by atoms with Crippen LogP contribution in [0.15, 0.2) is 17.3 Å². The number of carbonyl (C=O) groups is 1. The van der Waals surface area contributed by atoms with Crippen LogP contribution < -0.4 is 5.73 Å². The fraction of sp³-hybridized carbons (Fsp3) is 0.500. The molecular formula is C12H15ClN2O2S. The van der Waals surface area contributed by atoms with E-state index in [0.717, 1.165) is 23.6 Å². The highest BCUT2D eigenvalue weighted by molar-refractivity contribution is 7.99. The van der Waals surface area contributed by atoms with Gasteiger partial charge in [-0.1, -0.05) is 11.6 Å². The van der Waals surface area contributed by atoms with Crippen molar-refractivity contribution in [3.63, 3.8) is 0 Å². The minimum absolute atomic E-state index is 0.0749. The second-order valence-electron chi connectivity index (χ2n) is 4.59. The number of nitrogen functional groups attached to an aromatic ring is 1. The Morgan fingerprint density at radius 3 is 2.94 bits per heavy atom. The number of carbonyl (C=O) groups excluding carboxylic acids is 1. The maximum atomic E-state index is 11.3. The summed E-state index contributed by atoms with van der Waals surface area (Å²) in [6, 6.07) is 1.69. The zero-order valence-electron chi connectivity index (χ0n) is 10.1. The number of methoxy groups -OCH3 is 1. The smallest absolute Gasteiger partial charge is 0.306 e. The first kappa shape index (κ1) is 13.5. The Morgan fingerprint density at radius 2 is 2.39 bits per heavy atom. The van der Waals surface area contributed by atoms with E-state index in [9.17, 15) is 4.79 Å². The molecule has 0 atom stereocenters. The van der Waals surface area contributed by atoms with Crippen molar-refractivity contribution in [2.24, 2.45) is 5.41 Å². The van der Waals surface area contributed by atoms with Gasteiger partial charge in [0.25, 0.3) is 0 Å². The predicted octanol–water partition coefficient (Wildman–Crippen LogP) is 2.75. The first-order valence-corrected chi connectivity index (χ1v) is 7.02. The zero-order valence-corrected chi connectivity index (χ0v) is 11.7. The van der Waals surface area contributed by atoms with Gasteiger partial charge in [0.1, 0.15) is 5.03 Å². The highest BCUT2D eigenvalue weighted by Crippen LogP contribution is 2.52. The molecule has 0 bridgehead atoms. The van der Waals surface area contributed by atoms with Crippen molar-refractivity contribution in [2.75, 3.05) is 18.6 Å². The van der Waals surface area contributed by atoms with Crippen LogP contribution >= 0.6 is 23.4 Å². The summed E-state index contributed by atoms with van der Waals surface area (Å²) in [5.41, 5.74) is 6.50. The Bertz CT molecular complexity index is 463. The lowest BCUT2D eigenvalue weighted by atomic mass is 10.1. The third kappa shape index (κ3) is 3.29. The summed E-state index contributed by atoms with van der Waals surface area (Å²) in [7, 11) is 1.42. The van der Waals surface area contributed by atoms with Crippen LogP contribution in [0.4, 0.5) is 5.69 Å². The van der Waals surface area contributed by atoms with Crippen molar-refractivity contribution in [1.29, 1.82) is 0 Å². The van der Waals surface area contributed by atoms with Crippen molar-refractivity contribution in [1.82, 2.24) is 4.98 Å². The Balaban J connectivity index is 1.93. The van der Waals surface area contributed by atoms with Gasteiger partial charge in [-0.25, -0.2) is 4.98 Å². The number of nitrogens with zero attached hydrogens (tertiary/aromatic N) is 1. The van der Waals surface area contributed by atoms with E-state index in [1.807, 2.05) is 0 Å². The van der Waals surface area contributed by atoms with Gasteiger partial charge in [0, 0.05) is 11.9 Å². The second-order valence-corrected chi connectivity index (χ2v) is 5.99. The first-order valence-electron chi connectivity index (χ1n) is 5.65. The first-order chi connectivity index (χ1) is 8.54. The molecule has 6 heteroatoms. The number of hydrogen-bond donors (Lipinski definition) is 1. The number of nitrogens with two attached hydrogens (primary N) is 1. The maximum absolute atomic E-state index is 11.3. The van der Waals surface area contributed by atoms with E-state index < -0.39 is 0 Å². The van der Waals surface area contributed by atoms with Crippen molar-refractivity contribution < 1.29 is 9.53 Å². The molecule has 1 fully saturated rings. The molecule has 0 aliphatic heterocycles. The molecule has 2 N–H and O–H groups in total. The molecule has 1 aliphatic rings. The summed E-state index contributed by atoms with van der Waals surface area (Å²) < 4.78 is 4.71. The quantitative estimate of drug-likeness (QED) is 0.666. The lowest BCUT2D eigenvalue weighted by molar-refractivity contribution is -0.141. The van der Waals surface area contributed by atoms with Gasteiger partial charge in [-0.05, 0) is 24.3 Å². The van der Waals surface area contributed by atoms with Crippen LogP contribution in [0, 0.1) is 5.41 Å². The molecule has 0 amide bonds. The van der Waals surface area contributed by atoms with Crippen molar-refractivity contribution in [3.05, 3.63) is 17.3 Å². The van der Waals surface area contributed by atoms with E-state index in [-0.39, 0.29) is 11.4 Å². The molecule has 0 aromatic carbocycles. The molecule has 1 aliphatic carbocycles. The summed E-state index contributed by atoms with van der Waals surface area (Å²) in [6.45, 7) is 0. The molecule has 0 radical (unpaired) electrons. The van der Waals surface area contributed by atoms with Gasteiger partial charge in [-0.15, -0.1) is 11.8 Å². The number of pyridine rings is 1. The van der Waals surface area contributed by atoms with Gasteiger partial charge in [-0.2, -0.15) is 0 Å². The lowest BCUT2D eigenvalue weighted by Gasteiger charge is -2.13. The fourth-order valence-corrected chi connectivity index (χ4v) is 3.06. The van der Waals surface area contributed by atoms with Gasteiger partial charge in [0.15, 0.2) is 0 Å². The van der Waals surface area contributed by atoms with Gasteiger partial charge < -0.3 is 10.5 Å². The van der Waals surface area contributed by atoms with Crippen molar-refractivity contribution >= 4 is 35.0 Å². The Hall–Kier alpha value is -0.940. The van der Waals surface area contributed by atoms with Gasteiger partial charge in [0.05, 0.1) is 24.2 Å². The summed E-state index contributed by atoms with van der Waals surface area (Å²) in [6.07, 6.45) is 4.18. The van der Waals surface area contributed by atoms with Gasteiger partial charge in [0.2, 0.25) is 0 Å². The normalized spacial score (nSPS) is 16.3. The molecule has 1 aromatic rings. The number of anilines is 1. The fourth-order valence-electron chi connectivity index (χ4n) is 1.71. The lowest BCUT2D eigenvalue weighted by Crippen LogP contribution is -2.13. The van der Waals surface area contributed by atoms with Gasteiger partial charge >= 0.3 is 5.97 Å². The standard InChI is InChI=1S/C12H15ClN2O2S/c1-17-10(16)5-12(2-3-12)7-18-11-9(14)4-8(13)6-15-11/h4,6H,2-3,5,7,14H2,1H3. The topological polar surface area (TPSA) is 65.2 Å². The average molecular weight is 287 g/mol. The number of esters is 1. The molecule has 2 rings (SSSR count). The largest absolute Gasteiger partial charge is 0.469 e. The van der Waals surface area contributed by atoms with Crippen molar-refractivity contribution in [3.8, 4) is 0 Å². The van der Waals surface area contributed by atoms with E-state index in [1.54, 1.807) is 24.0 Å². The Labute approximate surface area is 115 Å². The molecule has 1 saturated carbocycles. The summed E-state index contributed by atoms with van der Waals surface area (Å²) in [5.74, 6) is 0.686. The number of rotatable bonds is 5. The third-order valence-electron chi connectivity index (χ3n) is 3.06. The van der Waals surface area contributed by atoms with E-state index in [1.165, 1.54) is 7.11 Å². The minimum Gasteiger partial charge on any atom is -0.469 e. The Morgan fingerprint density at radius 1 is 1.67 bits per heavy atom. The van der Waals surface area contributed by atoms with Crippen LogP contribution in [-0.4, -0.2) is 23.8 Å². The highest BCUT2D eigenvalue weighted by atomic mass is 35.5. The molecule has 0 saturated heterocycles. The molecule has 18 heavy (non-hydrogen) atoms. The zero-order chi connectivity index (χ0) is 13.2. The minimum atomic E-state index is -0.148. The molecule has 1 heterocycles. The molecule has 1 aromatic heterocycles. The van der Waals surface area contributed by atoms with Crippen LogP contribution in [0.25, 0.3) is 0 Å². The number of ether oxygens (including phenoxy) is 1. The van der Waals surface area contributed by atoms with Crippen molar-refractivity contribution in [2.45, 2.75) is 24.3 Å². The summed E-state index contributed by atoms with van der Waals surface area (Å²) in [4.78, 5) is 15.5. The van der Waals surface area contributed by atoms with E-state index in [0.29, 0.717) is 17.1 Å². The predicted molar refractivity (Wildman–Crippen MR) is 72.7 cm³/mol. The number of halogens is 1. The van der Waals surface area contributed by atoms with Crippen LogP contribution in [0.2, 0.25) is 5.02 Å². The summed E-state index contributed by atoms with van der Waals surface area (Å²) >= 11 is 7.37.